The number of nitrogens with zero attached hydrogens (tertiary/aromatic N) is 3. The van der Waals surface area contributed by atoms with Crippen molar-refractivity contribution in [1.82, 2.24) is 14.4 Å². The third-order valence-electron chi connectivity index (χ3n) is 5.67. The molecular weight excluding hydrogens is 369 g/mol. The van der Waals surface area contributed by atoms with Crippen molar-refractivity contribution in [2.45, 2.75) is 34.2 Å². The molecule has 1 aliphatic rings. The van der Waals surface area contributed by atoms with E-state index >= 15 is 0 Å². The third kappa shape index (κ3) is 4.93. The van der Waals surface area contributed by atoms with Gasteiger partial charge in [-0.15, -0.1) is 0 Å². The van der Waals surface area contributed by atoms with Crippen LogP contribution in [-0.2, 0) is 11.3 Å². The summed E-state index contributed by atoms with van der Waals surface area (Å²) in [5, 5.41) is 0. The highest BCUT2D eigenvalue weighted by molar-refractivity contribution is 5.99. The van der Waals surface area contributed by atoms with Gasteiger partial charge in [-0.1, -0.05) is 26.0 Å². The fraction of sp³-hybridized carbons (Fsp3) is 0.478. The van der Waals surface area contributed by atoms with E-state index in [0.29, 0.717) is 26.2 Å². The molecule has 1 aromatic heterocycles. The summed E-state index contributed by atoms with van der Waals surface area (Å²) in [5.74, 6) is 0.0443. The monoisotopic (exact) mass is 399 g/mol. The van der Waals surface area contributed by atoms with Gasteiger partial charge < -0.3 is 9.47 Å². The number of amides is 1. The van der Waals surface area contributed by atoms with Crippen LogP contribution in [0.3, 0.4) is 0 Å². The smallest absolute Gasteiger partial charge is 0.225 e. The number of benzene rings is 1. The van der Waals surface area contributed by atoms with Crippen molar-refractivity contribution in [3.63, 3.8) is 0 Å². The predicted octanol–water partition coefficient (Wildman–Crippen LogP) is 3.28. The van der Waals surface area contributed by atoms with Gasteiger partial charge in [0.05, 0.1) is 6.54 Å². The van der Waals surface area contributed by atoms with Crippen LogP contribution >= 0.6 is 0 Å². The first-order valence-corrected chi connectivity index (χ1v) is 10.2. The summed E-state index contributed by atoms with van der Waals surface area (Å²) in [6.07, 6.45) is 0. The number of hydrogen-bond acceptors (Lipinski definition) is 3. The highest BCUT2D eigenvalue weighted by Crippen LogP contribution is 2.19. The van der Waals surface area contributed by atoms with Crippen molar-refractivity contribution in [3.05, 3.63) is 58.7 Å². The van der Waals surface area contributed by atoms with Gasteiger partial charge in [-0.05, 0) is 37.6 Å². The summed E-state index contributed by atoms with van der Waals surface area (Å²) in [6.45, 7) is 11.6. The van der Waals surface area contributed by atoms with E-state index in [4.69, 9.17) is 0 Å². The Balaban J connectivity index is 1.63. The minimum absolute atomic E-state index is 0.00896. The first-order chi connectivity index (χ1) is 13.8. The summed E-state index contributed by atoms with van der Waals surface area (Å²) in [6, 6.07) is 8.40. The maximum atomic E-state index is 13.1. The highest BCUT2D eigenvalue weighted by atomic mass is 19.1. The third-order valence-corrected chi connectivity index (χ3v) is 5.67. The molecular formula is C23H30FN3O2. The first-order valence-electron chi connectivity index (χ1n) is 10.2. The van der Waals surface area contributed by atoms with E-state index in [0.717, 1.165) is 35.6 Å². The van der Waals surface area contributed by atoms with Gasteiger partial charge in [0.25, 0.3) is 0 Å². The number of piperazine rings is 1. The van der Waals surface area contributed by atoms with Gasteiger partial charge in [0.15, 0.2) is 5.78 Å². The molecule has 0 unspecified atom stereocenters. The quantitative estimate of drug-likeness (QED) is 0.701. The number of ketones is 1. The molecule has 5 nitrogen and oxygen atoms in total. The van der Waals surface area contributed by atoms with Crippen LogP contribution in [0.25, 0.3) is 0 Å². The van der Waals surface area contributed by atoms with Gasteiger partial charge in [-0.3, -0.25) is 14.5 Å². The standard InChI is InChI=1S/C23H30FN3O2/c1-16(2)23(29)26-11-9-25(10-12-26)15-22(28)21-13-17(3)27(18(21)4)14-19-5-7-20(24)8-6-19/h5-8,13,16H,9-12,14-15H2,1-4H3. The number of Topliss-reactive ketones (excluding diaryl/α,β-unsaturated/α-hetero) is 1. The van der Waals surface area contributed by atoms with E-state index in [2.05, 4.69) is 9.47 Å². The van der Waals surface area contributed by atoms with Crippen LogP contribution in [0.4, 0.5) is 4.39 Å². The van der Waals surface area contributed by atoms with Gasteiger partial charge in [0.1, 0.15) is 5.82 Å². The highest BCUT2D eigenvalue weighted by Gasteiger charge is 2.25. The molecule has 1 aromatic carbocycles. The van der Waals surface area contributed by atoms with Gasteiger partial charge in [-0.25, -0.2) is 4.39 Å². The second kappa shape index (κ2) is 8.91. The number of rotatable bonds is 6. The molecule has 3 rings (SSSR count). The molecule has 0 spiro atoms. The number of carbonyl (C=O) groups excluding carboxylic acids is 2. The minimum Gasteiger partial charge on any atom is -0.344 e. The molecule has 6 heteroatoms. The van der Waals surface area contributed by atoms with Crippen LogP contribution < -0.4 is 0 Å². The van der Waals surface area contributed by atoms with E-state index in [9.17, 15) is 14.0 Å². The van der Waals surface area contributed by atoms with Gasteiger partial charge in [-0.2, -0.15) is 0 Å². The Hall–Kier alpha value is -2.47. The van der Waals surface area contributed by atoms with Crippen molar-refractivity contribution >= 4 is 11.7 Å². The Morgan fingerprint density at radius 2 is 1.66 bits per heavy atom. The van der Waals surface area contributed by atoms with Crippen LogP contribution in [0.2, 0.25) is 0 Å². The number of carbonyl (C=O) groups is 2. The zero-order valence-corrected chi connectivity index (χ0v) is 17.7. The molecule has 0 aliphatic carbocycles. The SMILES string of the molecule is Cc1cc(C(=O)CN2CCN(C(=O)C(C)C)CC2)c(C)n1Cc1ccc(F)cc1. The lowest BCUT2D eigenvalue weighted by molar-refractivity contribution is -0.136. The molecule has 29 heavy (non-hydrogen) atoms. The van der Waals surface area contributed by atoms with Crippen molar-refractivity contribution < 1.29 is 14.0 Å². The number of aromatic nitrogens is 1. The summed E-state index contributed by atoms with van der Waals surface area (Å²) in [5.41, 5.74) is 3.69. The molecule has 156 valence electrons. The van der Waals surface area contributed by atoms with Gasteiger partial charge in [0.2, 0.25) is 5.91 Å². The molecule has 2 aromatic rings. The topological polar surface area (TPSA) is 45.6 Å². The molecule has 0 N–H and O–H groups in total. The average Bonchev–Trinajstić information content (AvgIpc) is 2.98. The Kier molecular flexibility index (Phi) is 6.52. The number of hydrogen-bond donors (Lipinski definition) is 0. The molecule has 1 amide bonds. The largest absolute Gasteiger partial charge is 0.344 e. The first kappa shape index (κ1) is 21.2. The zero-order chi connectivity index (χ0) is 21.1. The van der Waals surface area contributed by atoms with Crippen molar-refractivity contribution in [1.29, 1.82) is 0 Å². The summed E-state index contributed by atoms with van der Waals surface area (Å²) >= 11 is 0. The Morgan fingerprint density at radius 1 is 1.03 bits per heavy atom. The molecule has 0 atom stereocenters. The van der Waals surface area contributed by atoms with Crippen molar-refractivity contribution in [2.75, 3.05) is 32.7 Å². The average molecular weight is 400 g/mol. The summed E-state index contributed by atoms with van der Waals surface area (Å²) < 4.78 is 15.2. The second-order valence-electron chi connectivity index (χ2n) is 8.18. The van der Waals surface area contributed by atoms with E-state index in [1.165, 1.54) is 12.1 Å². The van der Waals surface area contributed by atoms with Crippen LogP contribution in [0.5, 0.6) is 0 Å². The molecule has 1 fully saturated rings. The van der Waals surface area contributed by atoms with E-state index in [1.54, 1.807) is 12.1 Å². The van der Waals surface area contributed by atoms with Crippen LogP contribution in [0, 0.1) is 25.6 Å². The molecule has 0 saturated carbocycles. The van der Waals surface area contributed by atoms with E-state index in [-0.39, 0.29) is 23.4 Å². The van der Waals surface area contributed by atoms with Crippen molar-refractivity contribution in [3.8, 4) is 0 Å². The van der Waals surface area contributed by atoms with Gasteiger partial charge in [0, 0.05) is 55.6 Å². The fourth-order valence-corrected chi connectivity index (χ4v) is 3.88. The maximum absolute atomic E-state index is 13.1. The molecule has 0 bridgehead atoms. The fourth-order valence-electron chi connectivity index (χ4n) is 3.88. The van der Waals surface area contributed by atoms with E-state index < -0.39 is 0 Å². The molecule has 1 saturated heterocycles. The Morgan fingerprint density at radius 3 is 2.24 bits per heavy atom. The number of aryl methyl sites for hydroxylation is 1. The zero-order valence-electron chi connectivity index (χ0n) is 17.7. The molecule has 2 heterocycles. The van der Waals surface area contributed by atoms with Crippen LogP contribution in [0.15, 0.2) is 30.3 Å². The van der Waals surface area contributed by atoms with Crippen LogP contribution in [-0.4, -0.2) is 58.8 Å². The lowest BCUT2D eigenvalue weighted by Gasteiger charge is -2.35. The molecule has 0 radical (unpaired) electrons. The minimum atomic E-state index is -0.249. The maximum Gasteiger partial charge on any atom is 0.225 e. The summed E-state index contributed by atoms with van der Waals surface area (Å²) in [4.78, 5) is 29.1. The van der Waals surface area contributed by atoms with Gasteiger partial charge >= 0.3 is 0 Å². The summed E-state index contributed by atoms with van der Waals surface area (Å²) in [7, 11) is 0. The van der Waals surface area contributed by atoms with E-state index in [1.807, 2.05) is 38.7 Å². The Bertz CT molecular complexity index is 878. The molecule has 1 aliphatic heterocycles. The number of halogens is 1. The lowest BCUT2D eigenvalue weighted by atomic mass is 10.1. The predicted molar refractivity (Wildman–Crippen MR) is 112 cm³/mol. The normalized spacial score (nSPS) is 15.2. The lowest BCUT2D eigenvalue weighted by Crippen LogP contribution is -2.50. The second-order valence-corrected chi connectivity index (χ2v) is 8.18. The Labute approximate surface area is 172 Å². The van der Waals surface area contributed by atoms with Crippen LogP contribution in [0.1, 0.15) is 41.2 Å². The van der Waals surface area contributed by atoms with Crippen molar-refractivity contribution in [2.24, 2.45) is 5.92 Å².